The van der Waals surface area contributed by atoms with E-state index in [-0.39, 0.29) is 0 Å². The molecule has 2 nitrogen and oxygen atoms in total. The van der Waals surface area contributed by atoms with Crippen LogP contribution in [-0.4, -0.2) is 22.8 Å². The molecule has 4 heteroatoms. The van der Waals surface area contributed by atoms with Crippen LogP contribution in [0.5, 0.6) is 0 Å². The van der Waals surface area contributed by atoms with Crippen LogP contribution in [0, 0.1) is 0 Å². The molecule has 2 saturated heterocycles. The van der Waals surface area contributed by atoms with Crippen molar-refractivity contribution in [1.82, 2.24) is 5.32 Å². The second-order valence-electron chi connectivity index (χ2n) is 5.70. The molecule has 0 radical (unpaired) electrons. The van der Waals surface area contributed by atoms with Gasteiger partial charge in [-0.2, -0.15) is 0 Å². The maximum atomic E-state index is 10.7. The van der Waals surface area contributed by atoms with E-state index in [1.54, 1.807) is 6.07 Å². The third kappa shape index (κ3) is 2.53. The lowest BCUT2D eigenvalue weighted by molar-refractivity contribution is -0.00608. The minimum atomic E-state index is -0.589. The number of hydrogen-bond acceptors (Lipinski definition) is 2. The van der Waals surface area contributed by atoms with Gasteiger partial charge in [-0.1, -0.05) is 29.3 Å². The summed E-state index contributed by atoms with van der Waals surface area (Å²) in [5.41, 5.74) is 0.474. The quantitative estimate of drug-likeness (QED) is 0.875. The Kier molecular flexibility index (Phi) is 3.31. The standard InChI is InChI=1S/C14H17Cl2NO/c15-12-4-1-9(5-13(12)16)6-14(18)7-10-2-3-11(8-14)17-10/h1,4-5,10-11,17-18H,2-3,6-8H2. The molecule has 2 heterocycles. The first-order chi connectivity index (χ1) is 8.54. The van der Waals surface area contributed by atoms with Gasteiger partial charge in [-0.05, 0) is 43.4 Å². The minimum Gasteiger partial charge on any atom is -0.389 e. The summed E-state index contributed by atoms with van der Waals surface area (Å²) in [7, 11) is 0. The van der Waals surface area contributed by atoms with Gasteiger partial charge in [0.1, 0.15) is 0 Å². The van der Waals surface area contributed by atoms with Gasteiger partial charge < -0.3 is 10.4 Å². The third-order valence-corrected chi connectivity index (χ3v) is 4.84. The summed E-state index contributed by atoms with van der Waals surface area (Å²) in [6.45, 7) is 0. The van der Waals surface area contributed by atoms with Gasteiger partial charge >= 0.3 is 0 Å². The predicted octanol–water partition coefficient (Wildman–Crippen LogP) is 3.18. The lowest BCUT2D eigenvalue weighted by Gasteiger charge is -2.37. The van der Waals surface area contributed by atoms with E-state index in [1.807, 2.05) is 12.1 Å². The Morgan fingerprint density at radius 1 is 1.17 bits per heavy atom. The van der Waals surface area contributed by atoms with Crippen molar-refractivity contribution in [2.24, 2.45) is 0 Å². The van der Waals surface area contributed by atoms with Gasteiger partial charge in [-0.15, -0.1) is 0 Å². The number of nitrogens with one attached hydrogen (secondary N) is 1. The van der Waals surface area contributed by atoms with Crippen LogP contribution in [0.4, 0.5) is 0 Å². The second kappa shape index (κ2) is 4.68. The second-order valence-corrected chi connectivity index (χ2v) is 6.51. The van der Waals surface area contributed by atoms with Crippen molar-refractivity contribution in [3.05, 3.63) is 33.8 Å². The van der Waals surface area contributed by atoms with Gasteiger partial charge in [0.25, 0.3) is 0 Å². The Hall–Kier alpha value is -0.280. The van der Waals surface area contributed by atoms with Crippen LogP contribution < -0.4 is 5.32 Å². The van der Waals surface area contributed by atoms with E-state index in [1.165, 1.54) is 12.8 Å². The zero-order valence-electron chi connectivity index (χ0n) is 10.1. The molecular formula is C14H17Cl2NO. The molecular weight excluding hydrogens is 269 g/mol. The maximum Gasteiger partial charge on any atom is 0.0717 e. The van der Waals surface area contributed by atoms with Crippen LogP contribution in [0.15, 0.2) is 18.2 Å². The van der Waals surface area contributed by atoms with Crippen molar-refractivity contribution in [3.8, 4) is 0 Å². The molecule has 0 aliphatic carbocycles. The normalized spacial score (nSPS) is 34.8. The van der Waals surface area contributed by atoms with Gasteiger partial charge in [-0.25, -0.2) is 0 Å². The number of hydrogen-bond donors (Lipinski definition) is 2. The van der Waals surface area contributed by atoms with Crippen LogP contribution in [-0.2, 0) is 6.42 Å². The van der Waals surface area contributed by atoms with Crippen LogP contribution in [0.1, 0.15) is 31.2 Å². The molecule has 18 heavy (non-hydrogen) atoms. The summed E-state index contributed by atoms with van der Waals surface area (Å²) >= 11 is 11.9. The molecule has 2 aliphatic rings. The molecule has 2 fully saturated rings. The first-order valence-electron chi connectivity index (χ1n) is 6.46. The first kappa shape index (κ1) is 12.7. The summed E-state index contributed by atoms with van der Waals surface area (Å²) in [5.74, 6) is 0. The molecule has 2 bridgehead atoms. The first-order valence-corrected chi connectivity index (χ1v) is 7.22. The molecule has 0 saturated carbocycles. The van der Waals surface area contributed by atoms with Gasteiger partial charge in [-0.3, -0.25) is 0 Å². The van der Waals surface area contributed by atoms with E-state index in [4.69, 9.17) is 23.2 Å². The smallest absolute Gasteiger partial charge is 0.0717 e. The largest absolute Gasteiger partial charge is 0.389 e. The van der Waals surface area contributed by atoms with Crippen molar-refractivity contribution in [2.45, 2.75) is 49.8 Å². The van der Waals surface area contributed by atoms with Crippen LogP contribution in [0.25, 0.3) is 0 Å². The highest BCUT2D eigenvalue weighted by atomic mass is 35.5. The van der Waals surface area contributed by atoms with Crippen molar-refractivity contribution in [2.75, 3.05) is 0 Å². The summed E-state index contributed by atoms with van der Waals surface area (Å²) in [6, 6.07) is 6.59. The molecule has 0 spiro atoms. The lowest BCUT2D eigenvalue weighted by Crippen LogP contribution is -2.49. The Bertz CT molecular complexity index is 451. The number of fused-ring (bicyclic) bond motifs is 2. The molecule has 3 rings (SSSR count). The molecule has 2 unspecified atom stereocenters. The summed E-state index contributed by atoms with van der Waals surface area (Å²) < 4.78 is 0. The van der Waals surface area contributed by atoms with Crippen molar-refractivity contribution in [3.63, 3.8) is 0 Å². The summed E-state index contributed by atoms with van der Waals surface area (Å²) in [6.07, 6.45) is 4.72. The van der Waals surface area contributed by atoms with E-state index >= 15 is 0 Å². The molecule has 2 N–H and O–H groups in total. The fraction of sp³-hybridized carbons (Fsp3) is 0.571. The van der Waals surface area contributed by atoms with E-state index in [2.05, 4.69) is 5.32 Å². The molecule has 2 aliphatic heterocycles. The van der Waals surface area contributed by atoms with Gasteiger partial charge in [0.2, 0.25) is 0 Å². The van der Waals surface area contributed by atoms with Gasteiger partial charge in [0, 0.05) is 18.5 Å². The molecule has 1 aromatic carbocycles. The van der Waals surface area contributed by atoms with Crippen LogP contribution >= 0.6 is 23.2 Å². The van der Waals surface area contributed by atoms with Crippen molar-refractivity contribution in [1.29, 1.82) is 0 Å². The summed E-state index contributed by atoms with van der Waals surface area (Å²) in [4.78, 5) is 0. The zero-order valence-corrected chi connectivity index (χ0v) is 11.6. The van der Waals surface area contributed by atoms with Crippen LogP contribution in [0.2, 0.25) is 10.0 Å². The molecule has 0 amide bonds. The fourth-order valence-electron chi connectivity index (χ4n) is 3.40. The Morgan fingerprint density at radius 3 is 2.44 bits per heavy atom. The Balaban J connectivity index is 1.77. The highest BCUT2D eigenvalue weighted by Gasteiger charge is 2.42. The lowest BCUT2D eigenvalue weighted by atomic mass is 9.82. The Morgan fingerprint density at radius 2 is 1.83 bits per heavy atom. The SMILES string of the molecule is OC1(Cc2ccc(Cl)c(Cl)c2)CC2CCC(C1)N2. The van der Waals surface area contributed by atoms with Gasteiger partial charge in [0.15, 0.2) is 0 Å². The number of piperidine rings is 1. The third-order valence-electron chi connectivity index (χ3n) is 4.10. The molecule has 1 aromatic rings. The van der Waals surface area contributed by atoms with Crippen LogP contribution in [0.3, 0.4) is 0 Å². The zero-order chi connectivity index (χ0) is 12.8. The van der Waals surface area contributed by atoms with Crippen molar-refractivity contribution < 1.29 is 5.11 Å². The van der Waals surface area contributed by atoms with E-state index in [9.17, 15) is 5.11 Å². The average molecular weight is 286 g/mol. The highest BCUT2D eigenvalue weighted by Crippen LogP contribution is 2.36. The molecule has 0 aromatic heterocycles. The van der Waals surface area contributed by atoms with E-state index in [0.29, 0.717) is 28.5 Å². The summed E-state index contributed by atoms with van der Waals surface area (Å²) in [5, 5.41) is 15.4. The number of halogens is 2. The van der Waals surface area contributed by atoms with Gasteiger partial charge in [0.05, 0.1) is 15.6 Å². The topological polar surface area (TPSA) is 32.3 Å². The number of rotatable bonds is 2. The average Bonchev–Trinajstić information content (AvgIpc) is 2.64. The van der Waals surface area contributed by atoms with E-state index < -0.39 is 5.60 Å². The minimum absolute atomic E-state index is 0.483. The number of aliphatic hydroxyl groups is 1. The molecule has 98 valence electrons. The predicted molar refractivity (Wildman–Crippen MR) is 74.3 cm³/mol. The highest BCUT2D eigenvalue weighted by molar-refractivity contribution is 6.42. The van der Waals surface area contributed by atoms with Crippen molar-refractivity contribution >= 4 is 23.2 Å². The monoisotopic (exact) mass is 285 g/mol. The Labute approximate surface area is 117 Å². The fourth-order valence-corrected chi connectivity index (χ4v) is 3.72. The van der Waals surface area contributed by atoms with E-state index in [0.717, 1.165) is 18.4 Å². The number of benzene rings is 1. The maximum absolute atomic E-state index is 10.7. The molecule has 2 atom stereocenters.